The van der Waals surface area contributed by atoms with Crippen molar-refractivity contribution in [3.8, 4) is 0 Å². The highest BCUT2D eigenvalue weighted by Crippen LogP contribution is 2.23. The van der Waals surface area contributed by atoms with Crippen LogP contribution in [0.15, 0.2) is 4.99 Å². The zero-order valence-electron chi connectivity index (χ0n) is 5.95. The maximum absolute atomic E-state index is 10.2. The Hall–Kier alpha value is -2.13. The maximum atomic E-state index is 10.2. The van der Waals surface area contributed by atoms with Crippen LogP contribution >= 0.6 is 0 Å². The van der Waals surface area contributed by atoms with Gasteiger partial charge in [0.15, 0.2) is 0 Å². The van der Waals surface area contributed by atoms with E-state index in [-0.39, 0.29) is 0 Å². The highest BCUT2D eigenvalue weighted by molar-refractivity contribution is 5.86. The van der Waals surface area contributed by atoms with Gasteiger partial charge in [-0.05, 0) is 4.92 Å². The predicted octanol–water partition coefficient (Wildman–Crippen LogP) is -1.08. The molecule has 0 unspecified atom stereocenters. The van der Waals surface area contributed by atoms with Crippen molar-refractivity contribution in [2.45, 2.75) is 5.66 Å². The van der Waals surface area contributed by atoms with Gasteiger partial charge in [-0.1, -0.05) is 4.99 Å². The maximum Gasteiger partial charge on any atom is 0.603 e. The molecule has 0 atom stereocenters. The molecule has 1 rings (SSSR count). The molecule has 0 saturated heterocycles. The number of nitro groups is 3. The molecule has 0 aromatic heterocycles. The average molecular weight is 190 g/mol. The van der Waals surface area contributed by atoms with Gasteiger partial charge >= 0.3 is 11.5 Å². The average Bonchev–Trinajstić information content (AvgIpc) is 1.80. The molecule has 70 valence electrons. The predicted molar refractivity (Wildman–Crippen MR) is 36.0 cm³/mol. The molecule has 0 fully saturated rings. The molecule has 0 spiro atoms. The summed E-state index contributed by atoms with van der Waals surface area (Å²) in [5.74, 6) is -1.22. The van der Waals surface area contributed by atoms with Crippen molar-refractivity contribution in [2.24, 2.45) is 4.99 Å². The van der Waals surface area contributed by atoms with E-state index in [1.165, 1.54) is 0 Å². The van der Waals surface area contributed by atoms with Crippen LogP contribution in [0.5, 0.6) is 0 Å². The lowest BCUT2D eigenvalue weighted by Crippen LogP contribution is -2.64. The number of hydrogen-bond acceptors (Lipinski definition) is 7. The van der Waals surface area contributed by atoms with Gasteiger partial charge in [-0.25, -0.2) is 0 Å². The Labute approximate surface area is 69.3 Å². The molecule has 1 aliphatic rings. The van der Waals surface area contributed by atoms with E-state index in [1.54, 1.807) is 0 Å². The third-order valence-corrected chi connectivity index (χ3v) is 1.58. The van der Waals surface area contributed by atoms with Crippen LogP contribution in [0.25, 0.3) is 0 Å². The molecule has 1 aliphatic heterocycles. The Bertz CT molecular complexity index is 319. The van der Waals surface area contributed by atoms with Gasteiger partial charge in [-0.2, -0.15) is 0 Å². The van der Waals surface area contributed by atoms with Crippen molar-refractivity contribution < 1.29 is 14.8 Å². The van der Waals surface area contributed by atoms with E-state index in [0.717, 1.165) is 0 Å². The minimum atomic E-state index is -2.84. The smallest absolute Gasteiger partial charge is 0.358 e. The molecular weight excluding hydrogens is 188 g/mol. The summed E-state index contributed by atoms with van der Waals surface area (Å²) in [5, 5.41) is 30.5. The fourth-order valence-corrected chi connectivity index (χ4v) is 0.841. The molecule has 1 heterocycles. The molecule has 0 bridgehead atoms. The Morgan fingerprint density at radius 1 is 1.15 bits per heavy atom. The second-order valence-electron chi connectivity index (χ2n) is 2.23. The summed E-state index contributed by atoms with van der Waals surface area (Å²) in [6, 6.07) is 0. The normalized spacial score (nSPS) is 18.3. The largest absolute Gasteiger partial charge is 0.603 e. The van der Waals surface area contributed by atoms with Crippen molar-refractivity contribution in [1.82, 2.24) is 0 Å². The van der Waals surface area contributed by atoms with Crippen LogP contribution in [0.4, 0.5) is 0 Å². The number of amidine groups is 1. The lowest BCUT2D eigenvalue weighted by Gasteiger charge is -2.14. The number of nitrogens with zero attached hydrogens (tertiary/aromatic N) is 4. The van der Waals surface area contributed by atoms with Gasteiger partial charge in [-0.3, -0.25) is 20.2 Å². The Morgan fingerprint density at radius 2 is 1.62 bits per heavy atom. The summed E-state index contributed by atoms with van der Waals surface area (Å²) in [6.45, 7) is -0.788. The van der Waals surface area contributed by atoms with Crippen LogP contribution in [0, 0.1) is 30.3 Å². The molecule has 0 saturated carbocycles. The van der Waals surface area contributed by atoms with E-state index in [0.29, 0.717) is 0 Å². The van der Waals surface area contributed by atoms with Crippen LogP contribution in [-0.4, -0.2) is 32.8 Å². The van der Waals surface area contributed by atoms with Crippen LogP contribution in [0.1, 0.15) is 0 Å². The third kappa shape index (κ3) is 0.913. The minimum Gasteiger partial charge on any atom is -0.358 e. The van der Waals surface area contributed by atoms with Crippen LogP contribution in [0.2, 0.25) is 0 Å². The fourth-order valence-electron chi connectivity index (χ4n) is 0.841. The van der Waals surface area contributed by atoms with Gasteiger partial charge < -0.3 is 10.1 Å². The van der Waals surface area contributed by atoms with E-state index in [9.17, 15) is 30.3 Å². The van der Waals surface area contributed by atoms with Crippen LogP contribution in [0.3, 0.4) is 0 Å². The van der Waals surface area contributed by atoms with Crippen LogP contribution in [-0.2, 0) is 0 Å². The van der Waals surface area contributed by atoms with Gasteiger partial charge in [0.05, 0.1) is 0 Å². The van der Waals surface area contributed by atoms with Crippen molar-refractivity contribution in [3.05, 3.63) is 30.3 Å². The molecule has 0 amide bonds. The van der Waals surface area contributed by atoms with Crippen molar-refractivity contribution in [1.29, 1.82) is 0 Å². The number of hydrogen-bond donors (Lipinski definition) is 0. The van der Waals surface area contributed by atoms with Crippen molar-refractivity contribution in [2.75, 3.05) is 6.54 Å². The molecule has 0 aliphatic carbocycles. The summed E-state index contributed by atoms with van der Waals surface area (Å²) in [4.78, 5) is 29.7. The highest BCUT2D eigenvalue weighted by atomic mass is 16.7. The minimum absolute atomic E-state index is 0.788. The number of aliphatic imine (C=N–C) groups is 1. The summed E-state index contributed by atoms with van der Waals surface area (Å²) in [7, 11) is 0. The topological polar surface area (TPSA) is 142 Å². The molecule has 0 aromatic carbocycles. The second kappa shape index (κ2) is 2.43. The highest BCUT2D eigenvalue weighted by Gasteiger charge is 2.77. The lowest BCUT2D eigenvalue weighted by atomic mass is 10.1. The fraction of sp³-hybridized carbons (Fsp3) is 0.667. The molecule has 0 aromatic rings. The zero-order chi connectivity index (χ0) is 10.2. The molecule has 13 heavy (non-hydrogen) atoms. The Balaban J connectivity index is 3.13. The van der Waals surface area contributed by atoms with E-state index in [4.69, 9.17) is 0 Å². The molecule has 10 heteroatoms. The van der Waals surface area contributed by atoms with Gasteiger partial charge in [0, 0.05) is 0 Å². The van der Waals surface area contributed by atoms with Gasteiger partial charge in [0.2, 0.25) is 0 Å². The molecule has 0 radical (unpaired) electrons. The van der Waals surface area contributed by atoms with Gasteiger partial charge in [0.1, 0.15) is 9.85 Å². The first kappa shape index (κ1) is 8.96. The van der Waals surface area contributed by atoms with E-state index in [2.05, 4.69) is 4.99 Å². The van der Waals surface area contributed by atoms with E-state index >= 15 is 0 Å². The van der Waals surface area contributed by atoms with Gasteiger partial charge in [-0.15, -0.1) is 0 Å². The first-order chi connectivity index (χ1) is 5.93. The molecule has 0 N–H and O–H groups in total. The second-order valence-corrected chi connectivity index (χ2v) is 2.23. The van der Waals surface area contributed by atoms with Gasteiger partial charge in [0.25, 0.3) is 6.54 Å². The summed E-state index contributed by atoms with van der Waals surface area (Å²) in [5.41, 5.74) is -2.84. The number of rotatable bonds is 2. The Morgan fingerprint density at radius 3 is 1.69 bits per heavy atom. The summed E-state index contributed by atoms with van der Waals surface area (Å²) >= 11 is 0. The summed E-state index contributed by atoms with van der Waals surface area (Å²) < 4.78 is 0. The molecular formula is C3H2N4O6. The quantitative estimate of drug-likeness (QED) is 0.308. The SMILES string of the molecule is O=[N+]([O-])C1=NCC1([N+](=O)[O-])[N+](=O)[O-]. The first-order valence-electron chi connectivity index (χ1n) is 2.91. The lowest BCUT2D eigenvalue weighted by molar-refractivity contribution is -0.783. The third-order valence-electron chi connectivity index (χ3n) is 1.58. The Kier molecular flexibility index (Phi) is 1.68. The van der Waals surface area contributed by atoms with E-state index in [1.807, 2.05) is 0 Å². The summed E-state index contributed by atoms with van der Waals surface area (Å²) in [6.07, 6.45) is 0. The van der Waals surface area contributed by atoms with Crippen molar-refractivity contribution in [3.63, 3.8) is 0 Å². The first-order valence-corrected chi connectivity index (χ1v) is 2.91. The van der Waals surface area contributed by atoms with Crippen molar-refractivity contribution >= 4 is 5.84 Å². The zero-order valence-corrected chi connectivity index (χ0v) is 5.95. The monoisotopic (exact) mass is 190 g/mol. The van der Waals surface area contributed by atoms with Crippen LogP contribution < -0.4 is 0 Å². The molecule has 10 nitrogen and oxygen atoms in total. The standard InChI is InChI=1S/C3H2N4O6/c8-5(9)2-3(1-4-2,6(10)11)7(12)13/h1H2. The van der Waals surface area contributed by atoms with E-state index < -0.39 is 32.8 Å².